The summed E-state index contributed by atoms with van der Waals surface area (Å²) >= 11 is 0. The molecule has 0 bridgehead atoms. The van der Waals surface area contributed by atoms with Crippen molar-refractivity contribution >= 4 is 22.7 Å². The largest absolute Gasteiger partial charge is 0.312 e. The summed E-state index contributed by atoms with van der Waals surface area (Å²) in [4.78, 5) is 8.68. The van der Waals surface area contributed by atoms with E-state index in [4.69, 9.17) is 0 Å². The molecule has 0 fully saturated rings. The number of aryl methyl sites for hydroxylation is 2. The van der Waals surface area contributed by atoms with E-state index in [0.29, 0.717) is 28.4 Å². The normalized spacial score (nSPS) is 12.0. The summed E-state index contributed by atoms with van der Waals surface area (Å²) in [6.07, 6.45) is 5.44. The van der Waals surface area contributed by atoms with Crippen molar-refractivity contribution in [3.05, 3.63) is 60.2 Å². The van der Waals surface area contributed by atoms with Crippen molar-refractivity contribution in [3.63, 3.8) is 0 Å². The number of hydrogen-bond donors (Lipinski definition) is 1. The van der Waals surface area contributed by atoms with Gasteiger partial charge in [-0.05, 0) is 13.0 Å². The van der Waals surface area contributed by atoms with Crippen molar-refractivity contribution in [2.75, 3.05) is 5.43 Å². The fraction of sp³-hybridized carbons (Fsp3) is 0.158. The van der Waals surface area contributed by atoms with Crippen LogP contribution in [-0.4, -0.2) is 30.0 Å². The van der Waals surface area contributed by atoms with E-state index >= 15 is 0 Å². The molecule has 0 aliphatic carbocycles. The fourth-order valence-electron chi connectivity index (χ4n) is 2.83. The lowest BCUT2D eigenvalue weighted by Gasteiger charge is -2.04. The van der Waals surface area contributed by atoms with Crippen molar-refractivity contribution in [3.8, 4) is 11.1 Å². The third-order valence-electron chi connectivity index (χ3n) is 4.42. The number of hydrazone groups is 1. The number of rotatable bonds is 4. The van der Waals surface area contributed by atoms with E-state index in [1.165, 1.54) is 0 Å². The standard InChI is InChI=1S/C19H17F2N7/c1-11(16-5-4-12(8-22-16)13-9-23-27(2)10-13)25-26-19-24-17-6-14(20)15(21)7-18(17)28(19)3/h4-10H,1-3H3,(H,24,26)/b25-11+. The van der Waals surface area contributed by atoms with Crippen molar-refractivity contribution in [1.82, 2.24) is 24.3 Å². The van der Waals surface area contributed by atoms with E-state index < -0.39 is 11.6 Å². The highest BCUT2D eigenvalue weighted by atomic mass is 19.2. The predicted octanol–water partition coefficient (Wildman–Crippen LogP) is 3.48. The number of nitrogens with zero attached hydrogens (tertiary/aromatic N) is 6. The second-order valence-corrected chi connectivity index (χ2v) is 6.39. The highest BCUT2D eigenvalue weighted by Gasteiger charge is 2.12. The van der Waals surface area contributed by atoms with Gasteiger partial charge in [0.25, 0.3) is 0 Å². The molecule has 4 aromatic rings. The number of fused-ring (bicyclic) bond motifs is 1. The average Bonchev–Trinajstić information content (AvgIpc) is 3.24. The lowest BCUT2D eigenvalue weighted by Crippen LogP contribution is -2.05. The first-order valence-corrected chi connectivity index (χ1v) is 8.49. The van der Waals surface area contributed by atoms with Gasteiger partial charge >= 0.3 is 0 Å². The Labute approximate surface area is 159 Å². The van der Waals surface area contributed by atoms with Gasteiger partial charge in [0.1, 0.15) is 0 Å². The Bertz CT molecular complexity index is 1190. The number of nitrogens with one attached hydrogen (secondary N) is 1. The molecule has 1 N–H and O–H groups in total. The number of imidazole rings is 1. The zero-order valence-electron chi connectivity index (χ0n) is 15.5. The molecule has 0 radical (unpaired) electrons. The van der Waals surface area contributed by atoms with Crippen LogP contribution in [0.2, 0.25) is 0 Å². The maximum Gasteiger partial charge on any atom is 0.224 e. The number of halogens is 2. The molecule has 0 spiro atoms. The summed E-state index contributed by atoms with van der Waals surface area (Å²) in [6, 6.07) is 5.98. The Balaban J connectivity index is 1.56. The van der Waals surface area contributed by atoms with Crippen molar-refractivity contribution in [2.24, 2.45) is 19.2 Å². The Hall–Kier alpha value is -3.62. The third kappa shape index (κ3) is 3.22. The number of anilines is 1. The van der Waals surface area contributed by atoms with Crippen LogP contribution in [0.25, 0.3) is 22.2 Å². The number of hydrogen-bond acceptors (Lipinski definition) is 5. The molecular formula is C19H17F2N7. The van der Waals surface area contributed by atoms with Gasteiger partial charge in [-0.15, -0.1) is 0 Å². The highest BCUT2D eigenvalue weighted by Crippen LogP contribution is 2.21. The molecule has 4 rings (SSSR count). The van der Waals surface area contributed by atoms with Gasteiger partial charge < -0.3 is 4.57 Å². The van der Waals surface area contributed by atoms with E-state index in [2.05, 4.69) is 25.6 Å². The number of aromatic nitrogens is 5. The van der Waals surface area contributed by atoms with Crippen LogP contribution in [0.5, 0.6) is 0 Å². The molecule has 0 amide bonds. The monoisotopic (exact) mass is 381 g/mol. The van der Waals surface area contributed by atoms with E-state index in [1.54, 1.807) is 35.6 Å². The highest BCUT2D eigenvalue weighted by molar-refractivity contribution is 5.97. The molecule has 0 saturated heterocycles. The SMILES string of the molecule is C/C(=N\Nc1nc2cc(F)c(F)cc2n1C)c1ccc(-c2cnn(C)c2)cn1. The van der Waals surface area contributed by atoms with Gasteiger partial charge in [0.05, 0.1) is 28.6 Å². The average molecular weight is 381 g/mol. The van der Waals surface area contributed by atoms with Gasteiger partial charge in [-0.2, -0.15) is 10.2 Å². The predicted molar refractivity (Wildman–Crippen MR) is 103 cm³/mol. The summed E-state index contributed by atoms with van der Waals surface area (Å²) in [5.74, 6) is -1.49. The molecule has 3 heterocycles. The second kappa shape index (κ2) is 6.84. The Morgan fingerprint density at radius 1 is 1.07 bits per heavy atom. The van der Waals surface area contributed by atoms with Crippen LogP contribution in [-0.2, 0) is 14.1 Å². The molecule has 9 heteroatoms. The Morgan fingerprint density at radius 3 is 2.54 bits per heavy atom. The molecule has 0 aliphatic heterocycles. The minimum absolute atomic E-state index is 0.343. The second-order valence-electron chi connectivity index (χ2n) is 6.39. The molecule has 0 atom stereocenters. The van der Waals surface area contributed by atoms with Crippen LogP contribution >= 0.6 is 0 Å². The summed E-state index contributed by atoms with van der Waals surface area (Å²) in [6.45, 7) is 1.81. The van der Waals surface area contributed by atoms with Crippen LogP contribution in [0.4, 0.5) is 14.7 Å². The van der Waals surface area contributed by atoms with Gasteiger partial charge in [0, 0.05) is 49.7 Å². The van der Waals surface area contributed by atoms with Crippen LogP contribution in [0.1, 0.15) is 12.6 Å². The quantitative estimate of drug-likeness (QED) is 0.434. The van der Waals surface area contributed by atoms with Crippen LogP contribution in [0.15, 0.2) is 48.0 Å². The zero-order chi connectivity index (χ0) is 19.8. The van der Waals surface area contributed by atoms with Gasteiger partial charge in [-0.3, -0.25) is 9.67 Å². The smallest absolute Gasteiger partial charge is 0.224 e. The van der Waals surface area contributed by atoms with Crippen LogP contribution in [0, 0.1) is 11.6 Å². The fourth-order valence-corrected chi connectivity index (χ4v) is 2.83. The van der Waals surface area contributed by atoms with Crippen molar-refractivity contribution in [2.45, 2.75) is 6.92 Å². The summed E-state index contributed by atoms with van der Waals surface area (Å²) in [5.41, 5.74) is 6.91. The Kier molecular flexibility index (Phi) is 4.34. The van der Waals surface area contributed by atoms with E-state index in [0.717, 1.165) is 23.3 Å². The molecule has 1 aromatic carbocycles. The minimum Gasteiger partial charge on any atom is -0.312 e. The summed E-state index contributed by atoms with van der Waals surface area (Å²) < 4.78 is 30.2. The first kappa shape index (κ1) is 17.8. The molecule has 142 valence electrons. The number of benzene rings is 1. The topological polar surface area (TPSA) is 72.9 Å². The summed E-state index contributed by atoms with van der Waals surface area (Å²) in [7, 11) is 3.55. The van der Waals surface area contributed by atoms with Gasteiger partial charge in [-0.1, -0.05) is 6.07 Å². The van der Waals surface area contributed by atoms with Gasteiger partial charge in [0.2, 0.25) is 5.95 Å². The molecule has 0 aliphatic rings. The van der Waals surface area contributed by atoms with Crippen molar-refractivity contribution in [1.29, 1.82) is 0 Å². The van der Waals surface area contributed by atoms with E-state index in [-0.39, 0.29) is 0 Å². The van der Waals surface area contributed by atoms with Crippen LogP contribution < -0.4 is 5.43 Å². The first-order valence-electron chi connectivity index (χ1n) is 8.49. The van der Waals surface area contributed by atoms with E-state index in [9.17, 15) is 8.78 Å². The molecule has 0 unspecified atom stereocenters. The number of pyridine rings is 1. The summed E-state index contributed by atoms with van der Waals surface area (Å²) in [5, 5.41) is 8.44. The van der Waals surface area contributed by atoms with Gasteiger partial charge in [0.15, 0.2) is 11.6 Å². The molecular weight excluding hydrogens is 364 g/mol. The maximum absolute atomic E-state index is 13.5. The zero-order valence-corrected chi connectivity index (χ0v) is 15.5. The molecule has 28 heavy (non-hydrogen) atoms. The molecule has 3 aromatic heterocycles. The third-order valence-corrected chi connectivity index (χ3v) is 4.42. The first-order chi connectivity index (χ1) is 13.4. The lowest BCUT2D eigenvalue weighted by atomic mass is 10.1. The molecule has 7 nitrogen and oxygen atoms in total. The van der Waals surface area contributed by atoms with Crippen LogP contribution in [0.3, 0.4) is 0 Å². The lowest BCUT2D eigenvalue weighted by molar-refractivity contribution is 0.510. The molecule has 0 saturated carbocycles. The van der Waals surface area contributed by atoms with E-state index in [1.807, 2.05) is 25.4 Å². The minimum atomic E-state index is -0.935. The maximum atomic E-state index is 13.5. The Morgan fingerprint density at radius 2 is 1.86 bits per heavy atom. The van der Waals surface area contributed by atoms with Crippen molar-refractivity contribution < 1.29 is 8.78 Å². The van der Waals surface area contributed by atoms with Gasteiger partial charge in [-0.25, -0.2) is 19.2 Å².